The summed E-state index contributed by atoms with van der Waals surface area (Å²) >= 11 is 1.42. The molecule has 0 atom stereocenters. The maximum Gasteiger partial charge on any atom is 0.338 e. The van der Waals surface area contributed by atoms with Crippen molar-refractivity contribution in [3.05, 3.63) is 53.1 Å². The van der Waals surface area contributed by atoms with Crippen molar-refractivity contribution in [2.45, 2.75) is 18.4 Å². The van der Waals surface area contributed by atoms with Gasteiger partial charge in [-0.15, -0.1) is 11.8 Å². The molecule has 7 heteroatoms. The van der Waals surface area contributed by atoms with E-state index in [1.165, 1.54) is 25.8 Å². The number of carbonyl (C=O) groups excluding carboxylic acids is 3. The van der Waals surface area contributed by atoms with Crippen LogP contribution in [0.3, 0.4) is 0 Å². The third-order valence-electron chi connectivity index (χ3n) is 3.89. The number of ketones is 1. The average Bonchev–Trinajstić information content (AvgIpc) is 2.65. The van der Waals surface area contributed by atoms with Crippen molar-refractivity contribution < 1.29 is 23.9 Å². The number of Topliss-reactive ketones (excluding diaryl/α,β-unsaturated/α-hetero) is 1. The van der Waals surface area contributed by atoms with Gasteiger partial charge >= 0.3 is 5.97 Å². The SMILES string of the molecule is COc1ccc(C(C)=O)cc1COC(=O)c1ccc2c(c1)NC(=O)CS2. The van der Waals surface area contributed by atoms with Crippen molar-refractivity contribution in [1.29, 1.82) is 0 Å². The van der Waals surface area contributed by atoms with Gasteiger partial charge in [0.15, 0.2) is 5.78 Å². The number of thioether (sulfide) groups is 1. The molecule has 0 aromatic heterocycles. The molecule has 134 valence electrons. The first-order valence-corrected chi connectivity index (χ1v) is 8.88. The largest absolute Gasteiger partial charge is 0.496 e. The van der Waals surface area contributed by atoms with Gasteiger partial charge in [0.25, 0.3) is 0 Å². The van der Waals surface area contributed by atoms with Crippen LogP contribution < -0.4 is 10.1 Å². The van der Waals surface area contributed by atoms with E-state index in [0.29, 0.717) is 33.9 Å². The summed E-state index contributed by atoms with van der Waals surface area (Å²) in [4.78, 5) is 36.3. The number of rotatable bonds is 5. The van der Waals surface area contributed by atoms with Crippen LogP contribution in [0.25, 0.3) is 0 Å². The van der Waals surface area contributed by atoms with Crippen LogP contribution in [-0.2, 0) is 16.1 Å². The lowest BCUT2D eigenvalue weighted by Gasteiger charge is -2.17. The highest BCUT2D eigenvalue weighted by Gasteiger charge is 2.18. The van der Waals surface area contributed by atoms with E-state index in [2.05, 4.69) is 5.32 Å². The summed E-state index contributed by atoms with van der Waals surface area (Å²) in [5.41, 5.74) is 2.07. The van der Waals surface area contributed by atoms with E-state index < -0.39 is 5.97 Å². The topological polar surface area (TPSA) is 81.7 Å². The van der Waals surface area contributed by atoms with E-state index in [4.69, 9.17) is 9.47 Å². The molecule has 1 amide bonds. The molecule has 0 unspecified atom stereocenters. The van der Waals surface area contributed by atoms with Gasteiger partial charge < -0.3 is 14.8 Å². The van der Waals surface area contributed by atoms with E-state index in [9.17, 15) is 14.4 Å². The fourth-order valence-corrected chi connectivity index (χ4v) is 3.34. The fraction of sp³-hybridized carbons (Fsp3) is 0.211. The van der Waals surface area contributed by atoms with Gasteiger partial charge in [0, 0.05) is 16.0 Å². The Morgan fingerprint density at radius 3 is 2.65 bits per heavy atom. The van der Waals surface area contributed by atoms with Gasteiger partial charge in [-0.1, -0.05) is 0 Å². The van der Waals surface area contributed by atoms with Crippen LogP contribution in [0, 0.1) is 0 Å². The van der Waals surface area contributed by atoms with E-state index in [1.54, 1.807) is 36.4 Å². The van der Waals surface area contributed by atoms with Crippen molar-refractivity contribution in [2.75, 3.05) is 18.2 Å². The lowest BCUT2D eigenvalue weighted by molar-refractivity contribution is -0.113. The number of carbonyl (C=O) groups is 3. The Kier molecular flexibility index (Phi) is 5.27. The van der Waals surface area contributed by atoms with Crippen LogP contribution in [0.5, 0.6) is 5.75 Å². The summed E-state index contributed by atoms with van der Waals surface area (Å²) in [5, 5.41) is 2.74. The van der Waals surface area contributed by atoms with Crippen molar-refractivity contribution in [3.63, 3.8) is 0 Å². The van der Waals surface area contributed by atoms with Gasteiger partial charge in [-0.25, -0.2) is 4.79 Å². The molecule has 26 heavy (non-hydrogen) atoms. The van der Waals surface area contributed by atoms with Crippen molar-refractivity contribution in [1.82, 2.24) is 0 Å². The molecule has 6 nitrogen and oxygen atoms in total. The smallest absolute Gasteiger partial charge is 0.338 e. The Labute approximate surface area is 154 Å². The second kappa shape index (κ2) is 7.61. The minimum Gasteiger partial charge on any atom is -0.496 e. The molecule has 3 rings (SSSR count). The molecular formula is C19H17NO5S. The third kappa shape index (κ3) is 3.88. The Morgan fingerprint density at radius 2 is 1.92 bits per heavy atom. The molecule has 0 saturated carbocycles. The number of amides is 1. The predicted octanol–water partition coefficient (Wildman–Crippen LogP) is 3.30. The van der Waals surface area contributed by atoms with Crippen LogP contribution >= 0.6 is 11.8 Å². The van der Waals surface area contributed by atoms with Gasteiger partial charge in [-0.2, -0.15) is 0 Å². The number of methoxy groups -OCH3 is 1. The van der Waals surface area contributed by atoms with Crippen molar-refractivity contribution >= 4 is 35.1 Å². The second-order valence-electron chi connectivity index (χ2n) is 5.71. The summed E-state index contributed by atoms with van der Waals surface area (Å²) in [6.07, 6.45) is 0. The lowest BCUT2D eigenvalue weighted by Crippen LogP contribution is -2.19. The van der Waals surface area contributed by atoms with Crippen LogP contribution in [0.15, 0.2) is 41.3 Å². The zero-order chi connectivity index (χ0) is 18.7. The molecule has 0 fully saturated rings. The fourth-order valence-electron chi connectivity index (χ4n) is 2.55. The average molecular weight is 371 g/mol. The number of ether oxygens (including phenoxy) is 2. The molecule has 1 aliphatic rings. The van der Waals surface area contributed by atoms with Gasteiger partial charge in [0.1, 0.15) is 12.4 Å². The van der Waals surface area contributed by atoms with Gasteiger partial charge in [0.05, 0.1) is 24.1 Å². The molecule has 1 heterocycles. The maximum absolute atomic E-state index is 12.4. The number of anilines is 1. The molecule has 0 radical (unpaired) electrons. The molecule has 0 aliphatic carbocycles. The highest BCUT2D eigenvalue weighted by molar-refractivity contribution is 8.00. The first-order valence-electron chi connectivity index (χ1n) is 7.89. The quantitative estimate of drug-likeness (QED) is 0.641. The summed E-state index contributed by atoms with van der Waals surface area (Å²) in [5.74, 6) is 0.204. The zero-order valence-electron chi connectivity index (χ0n) is 14.3. The molecule has 1 N–H and O–H groups in total. The van der Waals surface area contributed by atoms with Crippen molar-refractivity contribution in [2.24, 2.45) is 0 Å². The zero-order valence-corrected chi connectivity index (χ0v) is 15.1. The number of fused-ring (bicyclic) bond motifs is 1. The van der Waals surface area contributed by atoms with Gasteiger partial charge in [-0.3, -0.25) is 9.59 Å². The first kappa shape index (κ1) is 18.0. The van der Waals surface area contributed by atoms with Gasteiger partial charge in [0.2, 0.25) is 5.91 Å². The van der Waals surface area contributed by atoms with Crippen LogP contribution in [0.2, 0.25) is 0 Å². The van der Waals surface area contributed by atoms with Crippen molar-refractivity contribution in [3.8, 4) is 5.75 Å². The molecule has 0 saturated heterocycles. The standard InChI is InChI=1S/C19H17NO5S/c1-11(21)12-3-5-16(24-2)14(7-12)9-25-19(23)13-4-6-17-15(8-13)20-18(22)10-26-17/h3-8H,9-10H2,1-2H3,(H,20,22). The Bertz CT molecular complexity index is 893. The molecule has 2 aromatic carbocycles. The number of nitrogens with one attached hydrogen (secondary N) is 1. The molecule has 0 spiro atoms. The molecule has 1 aliphatic heterocycles. The highest BCUT2D eigenvalue weighted by atomic mass is 32.2. The Hall–Kier alpha value is -2.80. The highest BCUT2D eigenvalue weighted by Crippen LogP contribution is 2.32. The van der Waals surface area contributed by atoms with E-state index in [-0.39, 0.29) is 18.3 Å². The second-order valence-corrected chi connectivity index (χ2v) is 6.72. The number of hydrogen-bond acceptors (Lipinski definition) is 6. The maximum atomic E-state index is 12.4. The monoisotopic (exact) mass is 371 g/mol. The predicted molar refractivity (Wildman–Crippen MR) is 97.9 cm³/mol. The number of benzene rings is 2. The molecule has 2 aromatic rings. The summed E-state index contributed by atoms with van der Waals surface area (Å²) in [7, 11) is 1.51. The number of hydrogen-bond donors (Lipinski definition) is 1. The Morgan fingerprint density at radius 1 is 1.15 bits per heavy atom. The summed E-state index contributed by atoms with van der Waals surface area (Å²) in [6.45, 7) is 1.44. The first-order chi connectivity index (χ1) is 12.5. The summed E-state index contributed by atoms with van der Waals surface area (Å²) in [6, 6.07) is 10.0. The van der Waals surface area contributed by atoms with Crippen LogP contribution in [0.4, 0.5) is 5.69 Å². The van der Waals surface area contributed by atoms with E-state index in [0.717, 1.165) is 4.90 Å². The van der Waals surface area contributed by atoms with E-state index in [1.807, 2.05) is 0 Å². The molecule has 0 bridgehead atoms. The number of esters is 1. The van der Waals surface area contributed by atoms with Crippen LogP contribution in [-0.4, -0.2) is 30.5 Å². The summed E-state index contributed by atoms with van der Waals surface area (Å²) < 4.78 is 10.6. The Balaban J connectivity index is 1.75. The minimum absolute atomic E-state index is 0.0265. The van der Waals surface area contributed by atoms with Gasteiger partial charge in [-0.05, 0) is 43.3 Å². The van der Waals surface area contributed by atoms with E-state index >= 15 is 0 Å². The van der Waals surface area contributed by atoms with Crippen LogP contribution in [0.1, 0.15) is 33.2 Å². The lowest BCUT2D eigenvalue weighted by atomic mass is 10.1. The third-order valence-corrected chi connectivity index (χ3v) is 4.97. The minimum atomic E-state index is -0.520. The molecular weight excluding hydrogens is 354 g/mol. The normalized spacial score (nSPS) is 12.8.